The lowest BCUT2D eigenvalue weighted by atomic mass is 9.97. The Morgan fingerprint density at radius 2 is 2.12 bits per heavy atom. The Hall–Kier alpha value is -0.290. The molecule has 0 aliphatic carbocycles. The Bertz CT molecular complexity index is 202. The van der Waals surface area contributed by atoms with E-state index in [2.05, 4.69) is 12.2 Å². The minimum Gasteiger partial charge on any atom is -0.381 e. The third-order valence-electron chi connectivity index (χ3n) is 3.27. The van der Waals surface area contributed by atoms with Crippen molar-refractivity contribution in [2.24, 2.45) is 5.92 Å². The smallest absolute Gasteiger partial charge is 0.381 e. The number of halogens is 3. The Kier molecular flexibility index (Phi) is 6.27. The highest BCUT2D eigenvalue weighted by Crippen LogP contribution is 2.22. The van der Waals surface area contributed by atoms with Crippen LogP contribution in [0, 0.1) is 5.92 Å². The molecule has 0 amide bonds. The van der Waals surface area contributed by atoms with Gasteiger partial charge in [-0.3, -0.25) is 0 Å². The fraction of sp³-hybridized carbons (Fsp3) is 1.00. The van der Waals surface area contributed by atoms with E-state index >= 15 is 0 Å². The van der Waals surface area contributed by atoms with Gasteiger partial charge in [0.05, 0.1) is 6.61 Å². The molecule has 102 valence electrons. The van der Waals surface area contributed by atoms with Crippen LogP contribution in [-0.4, -0.2) is 32.0 Å². The first kappa shape index (κ1) is 14.8. The van der Waals surface area contributed by atoms with E-state index in [1.807, 2.05) is 0 Å². The van der Waals surface area contributed by atoms with Gasteiger partial charge in [-0.1, -0.05) is 6.92 Å². The summed E-state index contributed by atoms with van der Waals surface area (Å²) in [6.07, 6.45) is -1.81. The minimum absolute atomic E-state index is 0.216. The van der Waals surface area contributed by atoms with E-state index in [9.17, 15) is 13.2 Å². The van der Waals surface area contributed by atoms with Crippen molar-refractivity contribution in [2.45, 2.75) is 51.2 Å². The Morgan fingerprint density at radius 1 is 1.35 bits per heavy atom. The molecule has 0 aromatic heterocycles. The molecule has 2 nitrogen and oxygen atoms in total. The molecular formula is C12H22F3NO. The summed E-state index contributed by atoms with van der Waals surface area (Å²) < 4.78 is 41.1. The highest BCUT2D eigenvalue weighted by molar-refractivity contribution is 4.78. The van der Waals surface area contributed by atoms with Crippen molar-refractivity contribution in [3.63, 3.8) is 0 Å². The van der Waals surface area contributed by atoms with Crippen LogP contribution in [-0.2, 0) is 4.74 Å². The van der Waals surface area contributed by atoms with Gasteiger partial charge in [-0.2, -0.15) is 13.2 Å². The number of nitrogens with one attached hydrogen (secondary N) is 1. The number of unbranched alkanes of at least 4 members (excludes halogenated alkanes) is 1. The Labute approximate surface area is 101 Å². The van der Waals surface area contributed by atoms with Crippen LogP contribution in [0.25, 0.3) is 0 Å². The van der Waals surface area contributed by atoms with E-state index in [0.717, 1.165) is 26.1 Å². The van der Waals surface area contributed by atoms with Gasteiger partial charge in [0, 0.05) is 19.1 Å². The SMILES string of the molecule is CCC(NCCCCC(F)(F)F)C1CCOC1. The van der Waals surface area contributed by atoms with Crippen LogP contribution in [0.3, 0.4) is 0 Å². The molecule has 1 rings (SSSR count). The van der Waals surface area contributed by atoms with Crippen molar-refractivity contribution in [3.05, 3.63) is 0 Å². The maximum Gasteiger partial charge on any atom is 0.389 e. The molecule has 1 N–H and O–H groups in total. The minimum atomic E-state index is -4.01. The Balaban J connectivity index is 2.07. The average Bonchev–Trinajstić information content (AvgIpc) is 2.75. The molecule has 1 aliphatic rings. The van der Waals surface area contributed by atoms with Gasteiger partial charge in [0.15, 0.2) is 0 Å². The quantitative estimate of drug-likeness (QED) is 0.704. The van der Waals surface area contributed by atoms with E-state index in [0.29, 0.717) is 24.9 Å². The van der Waals surface area contributed by atoms with Crippen molar-refractivity contribution in [2.75, 3.05) is 19.8 Å². The molecule has 2 unspecified atom stereocenters. The van der Waals surface area contributed by atoms with E-state index in [4.69, 9.17) is 4.74 Å². The first-order chi connectivity index (χ1) is 8.03. The maximum atomic E-state index is 11.9. The zero-order valence-electron chi connectivity index (χ0n) is 10.4. The van der Waals surface area contributed by atoms with Gasteiger partial charge in [-0.05, 0) is 38.1 Å². The summed E-state index contributed by atoms with van der Waals surface area (Å²) in [6.45, 7) is 4.38. The zero-order chi connectivity index (χ0) is 12.7. The largest absolute Gasteiger partial charge is 0.389 e. The number of rotatable bonds is 7. The van der Waals surface area contributed by atoms with E-state index in [1.165, 1.54) is 0 Å². The lowest BCUT2D eigenvalue weighted by Gasteiger charge is -2.22. The van der Waals surface area contributed by atoms with Crippen LogP contribution in [0.15, 0.2) is 0 Å². The molecule has 1 fully saturated rings. The molecule has 0 aromatic carbocycles. The number of alkyl halides is 3. The lowest BCUT2D eigenvalue weighted by molar-refractivity contribution is -0.135. The number of ether oxygens (including phenoxy) is 1. The molecule has 5 heteroatoms. The molecule has 0 saturated carbocycles. The van der Waals surface area contributed by atoms with Crippen LogP contribution >= 0.6 is 0 Å². The van der Waals surface area contributed by atoms with Gasteiger partial charge in [-0.25, -0.2) is 0 Å². The fourth-order valence-electron chi connectivity index (χ4n) is 2.25. The van der Waals surface area contributed by atoms with E-state index < -0.39 is 12.6 Å². The van der Waals surface area contributed by atoms with Gasteiger partial charge in [-0.15, -0.1) is 0 Å². The second-order valence-corrected chi connectivity index (χ2v) is 4.66. The molecule has 0 bridgehead atoms. The maximum absolute atomic E-state index is 11.9. The summed E-state index contributed by atoms with van der Waals surface area (Å²) in [6, 6.07) is 0.392. The molecule has 0 radical (unpaired) electrons. The highest BCUT2D eigenvalue weighted by atomic mass is 19.4. The van der Waals surface area contributed by atoms with Gasteiger partial charge >= 0.3 is 6.18 Å². The van der Waals surface area contributed by atoms with Crippen LogP contribution in [0.5, 0.6) is 0 Å². The van der Waals surface area contributed by atoms with Crippen LogP contribution < -0.4 is 5.32 Å². The lowest BCUT2D eigenvalue weighted by Crippen LogP contribution is -2.36. The number of hydrogen-bond donors (Lipinski definition) is 1. The summed E-state index contributed by atoms with van der Waals surface area (Å²) in [4.78, 5) is 0. The number of hydrogen-bond acceptors (Lipinski definition) is 2. The molecule has 1 saturated heterocycles. The predicted octanol–water partition coefficient (Wildman–Crippen LogP) is 3.12. The van der Waals surface area contributed by atoms with Gasteiger partial charge in [0.25, 0.3) is 0 Å². The molecule has 17 heavy (non-hydrogen) atoms. The van der Waals surface area contributed by atoms with Crippen LogP contribution in [0.4, 0.5) is 13.2 Å². The topological polar surface area (TPSA) is 21.3 Å². The second kappa shape index (κ2) is 7.21. The van der Waals surface area contributed by atoms with Crippen molar-refractivity contribution >= 4 is 0 Å². The van der Waals surface area contributed by atoms with Crippen LogP contribution in [0.1, 0.15) is 39.0 Å². The Morgan fingerprint density at radius 3 is 2.65 bits per heavy atom. The van der Waals surface area contributed by atoms with Crippen molar-refractivity contribution in [1.82, 2.24) is 5.32 Å². The van der Waals surface area contributed by atoms with Gasteiger partial charge in [0.1, 0.15) is 0 Å². The van der Waals surface area contributed by atoms with E-state index in [1.54, 1.807) is 0 Å². The van der Waals surface area contributed by atoms with Gasteiger partial charge in [0.2, 0.25) is 0 Å². The zero-order valence-corrected chi connectivity index (χ0v) is 10.4. The standard InChI is InChI=1S/C12H22F3NO/c1-2-11(10-5-8-17-9-10)16-7-4-3-6-12(13,14)15/h10-11,16H,2-9H2,1H3. The third-order valence-corrected chi connectivity index (χ3v) is 3.27. The molecule has 0 spiro atoms. The summed E-state index contributed by atoms with van der Waals surface area (Å²) in [5.74, 6) is 0.530. The first-order valence-electron chi connectivity index (χ1n) is 6.41. The molecule has 1 heterocycles. The second-order valence-electron chi connectivity index (χ2n) is 4.66. The summed E-state index contributed by atoms with van der Waals surface area (Å²) >= 11 is 0. The first-order valence-corrected chi connectivity index (χ1v) is 6.41. The summed E-state index contributed by atoms with van der Waals surface area (Å²) in [5, 5.41) is 3.35. The predicted molar refractivity (Wildman–Crippen MR) is 60.9 cm³/mol. The highest BCUT2D eigenvalue weighted by Gasteiger charge is 2.26. The van der Waals surface area contributed by atoms with Crippen molar-refractivity contribution in [3.8, 4) is 0 Å². The monoisotopic (exact) mass is 253 g/mol. The summed E-state index contributed by atoms with van der Waals surface area (Å²) in [5.41, 5.74) is 0. The molecule has 2 atom stereocenters. The molecule has 0 aromatic rings. The fourth-order valence-corrected chi connectivity index (χ4v) is 2.25. The summed E-state index contributed by atoms with van der Waals surface area (Å²) in [7, 11) is 0. The molecule has 1 aliphatic heterocycles. The van der Waals surface area contributed by atoms with Crippen LogP contribution in [0.2, 0.25) is 0 Å². The average molecular weight is 253 g/mol. The van der Waals surface area contributed by atoms with Crippen molar-refractivity contribution < 1.29 is 17.9 Å². The third kappa shape index (κ3) is 6.27. The van der Waals surface area contributed by atoms with Gasteiger partial charge < -0.3 is 10.1 Å². The van der Waals surface area contributed by atoms with Crippen molar-refractivity contribution in [1.29, 1.82) is 0 Å². The van der Waals surface area contributed by atoms with E-state index in [-0.39, 0.29) is 6.42 Å². The normalized spacial score (nSPS) is 22.9. The molecular weight excluding hydrogens is 231 g/mol.